The van der Waals surface area contributed by atoms with E-state index in [2.05, 4.69) is 11.1 Å². The monoisotopic (exact) mass is 425 g/mol. The number of nitrogens with zero attached hydrogens (tertiary/aromatic N) is 2. The zero-order chi connectivity index (χ0) is 22.4. The first-order valence-electron chi connectivity index (χ1n) is 10.1. The lowest BCUT2D eigenvalue weighted by Gasteiger charge is -2.12. The topological polar surface area (TPSA) is 97.1 Å². The summed E-state index contributed by atoms with van der Waals surface area (Å²) in [6.07, 6.45) is 0.293. The summed E-state index contributed by atoms with van der Waals surface area (Å²) in [5.74, 6) is -1.23. The Labute approximate surface area is 182 Å². The Bertz CT molecular complexity index is 1600. The number of benzene rings is 3. The minimum atomic E-state index is -0.620. The molecular formula is C25H19N3O4. The molecule has 0 aliphatic heterocycles. The molecule has 0 bridgehead atoms. The average molecular weight is 425 g/mol. The zero-order valence-corrected chi connectivity index (χ0v) is 17.6. The van der Waals surface area contributed by atoms with Gasteiger partial charge >= 0.3 is 11.9 Å². The molecule has 0 radical (unpaired) electrons. The number of hydrogen-bond acceptors (Lipinski definition) is 5. The fraction of sp³-hybridized carbons (Fsp3) is 0.160. The van der Waals surface area contributed by atoms with Crippen molar-refractivity contribution in [2.24, 2.45) is 0 Å². The third-order valence-corrected chi connectivity index (χ3v) is 5.89. The SMILES string of the molecule is COC(=O)c1c(C(=O)OC)c2c3ccccc3n(CCC#N)c2c2[nH]c3ccccc3c12. The highest BCUT2D eigenvalue weighted by atomic mass is 16.5. The summed E-state index contributed by atoms with van der Waals surface area (Å²) < 4.78 is 12.3. The van der Waals surface area contributed by atoms with Crippen LogP contribution in [0.1, 0.15) is 27.1 Å². The number of carbonyl (C=O) groups is 2. The molecule has 3 aromatic carbocycles. The van der Waals surface area contributed by atoms with Gasteiger partial charge in [-0.1, -0.05) is 36.4 Å². The fourth-order valence-electron chi connectivity index (χ4n) is 4.65. The third kappa shape index (κ3) is 2.59. The van der Waals surface area contributed by atoms with Crippen LogP contribution in [0, 0.1) is 11.3 Å². The summed E-state index contributed by atoms with van der Waals surface area (Å²) in [5, 5.41) is 12.1. The molecule has 0 unspecified atom stereocenters. The molecule has 158 valence electrons. The van der Waals surface area contributed by atoms with Gasteiger partial charge in [0.05, 0.1) is 48.9 Å². The van der Waals surface area contributed by atoms with E-state index in [4.69, 9.17) is 9.47 Å². The second-order valence-corrected chi connectivity index (χ2v) is 7.45. The smallest absolute Gasteiger partial charge is 0.339 e. The van der Waals surface area contributed by atoms with Crippen molar-refractivity contribution >= 4 is 55.6 Å². The zero-order valence-electron chi connectivity index (χ0n) is 17.6. The molecular weight excluding hydrogens is 406 g/mol. The largest absolute Gasteiger partial charge is 0.465 e. The van der Waals surface area contributed by atoms with Crippen LogP contribution in [0.4, 0.5) is 0 Å². The highest BCUT2D eigenvalue weighted by Gasteiger charge is 2.31. The van der Waals surface area contributed by atoms with Crippen LogP contribution in [0.15, 0.2) is 48.5 Å². The molecule has 0 fully saturated rings. The Kier molecular flexibility index (Phi) is 4.56. The van der Waals surface area contributed by atoms with Crippen LogP contribution < -0.4 is 0 Å². The van der Waals surface area contributed by atoms with Gasteiger partial charge in [0.2, 0.25) is 0 Å². The Morgan fingerprint density at radius 3 is 2.25 bits per heavy atom. The number of hydrogen-bond donors (Lipinski definition) is 1. The van der Waals surface area contributed by atoms with Gasteiger partial charge in [0.25, 0.3) is 0 Å². The number of H-pyrrole nitrogens is 1. The molecule has 0 aliphatic carbocycles. The van der Waals surface area contributed by atoms with Gasteiger partial charge in [0, 0.05) is 39.1 Å². The third-order valence-electron chi connectivity index (χ3n) is 5.89. The van der Waals surface area contributed by atoms with Gasteiger partial charge in [-0.15, -0.1) is 0 Å². The molecule has 7 heteroatoms. The highest BCUT2D eigenvalue weighted by molar-refractivity contribution is 6.33. The second-order valence-electron chi connectivity index (χ2n) is 7.45. The molecule has 0 aliphatic rings. The van der Waals surface area contributed by atoms with E-state index in [1.807, 2.05) is 53.1 Å². The number of aromatic amines is 1. The summed E-state index contributed by atoms with van der Waals surface area (Å²) in [7, 11) is 2.59. The molecule has 1 N–H and O–H groups in total. The van der Waals surface area contributed by atoms with E-state index in [0.717, 1.165) is 27.3 Å². The number of nitrogens with one attached hydrogen (secondary N) is 1. The summed E-state index contributed by atoms with van der Waals surface area (Å²) in [6, 6.07) is 17.4. The van der Waals surface area contributed by atoms with E-state index in [-0.39, 0.29) is 11.1 Å². The van der Waals surface area contributed by atoms with Gasteiger partial charge in [-0.25, -0.2) is 9.59 Å². The van der Waals surface area contributed by atoms with E-state index in [1.54, 1.807) is 0 Å². The normalized spacial score (nSPS) is 11.3. The number of rotatable bonds is 4. The number of carbonyl (C=O) groups excluding carboxylic acids is 2. The fourth-order valence-corrected chi connectivity index (χ4v) is 4.65. The van der Waals surface area contributed by atoms with Gasteiger partial charge in [0.1, 0.15) is 0 Å². The van der Waals surface area contributed by atoms with Crippen molar-refractivity contribution in [3.8, 4) is 6.07 Å². The van der Waals surface area contributed by atoms with Crippen molar-refractivity contribution < 1.29 is 19.1 Å². The maximum atomic E-state index is 13.1. The maximum Gasteiger partial charge on any atom is 0.339 e. The minimum absolute atomic E-state index is 0.165. The predicted octanol–water partition coefficient (Wildman–Crippen LogP) is 4.92. The van der Waals surface area contributed by atoms with Crippen LogP contribution in [-0.4, -0.2) is 35.7 Å². The number of aromatic nitrogens is 2. The molecule has 5 aromatic rings. The van der Waals surface area contributed by atoms with E-state index in [0.29, 0.717) is 29.3 Å². The Morgan fingerprint density at radius 2 is 1.56 bits per heavy atom. The molecule has 0 spiro atoms. The maximum absolute atomic E-state index is 13.1. The van der Waals surface area contributed by atoms with Gasteiger partial charge in [-0.3, -0.25) is 0 Å². The van der Waals surface area contributed by atoms with Crippen LogP contribution in [-0.2, 0) is 16.0 Å². The lowest BCUT2D eigenvalue weighted by molar-refractivity contribution is 0.0559. The Morgan fingerprint density at radius 1 is 0.938 bits per heavy atom. The van der Waals surface area contributed by atoms with Crippen LogP contribution in [0.5, 0.6) is 0 Å². The second kappa shape index (κ2) is 7.43. The van der Waals surface area contributed by atoms with Crippen molar-refractivity contribution in [1.29, 1.82) is 5.26 Å². The lowest BCUT2D eigenvalue weighted by Crippen LogP contribution is -2.13. The quantitative estimate of drug-likeness (QED) is 0.413. The molecule has 5 rings (SSSR count). The molecule has 32 heavy (non-hydrogen) atoms. The van der Waals surface area contributed by atoms with E-state index < -0.39 is 11.9 Å². The number of fused-ring (bicyclic) bond motifs is 7. The molecule has 0 amide bonds. The van der Waals surface area contributed by atoms with Crippen molar-refractivity contribution in [3.63, 3.8) is 0 Å². The summed E-state index contributed by atoms with van der Waals surface area (Å²) >= 11 is 0. The average Bonchev–Trinajstić information content (AvgIpc) is 3.37. The van der Waals surface area contributed by atoms with Gasteiger partial charge < -0.3 is 19.0 Å². The number of esters is 2. The van der Waals surface area contributed by atoms with E-state index >= 15 is 0 Å². The number of aryl methyl sites for hydroxylation is 1. The molecule has 2 heterocycles. The van der Waals surface area contributed by atoms with Crippen LogP contribution in [0.3, 0.4) is 0 Å². The van der Waals surface area contributed by atoms with Gasteiger partial charge in [-0.05, 0) is 12.1 Å². The van der Waals surface area contributed by atoms with Gasteiger partial charge in [0.15, 0.2) is 0 Å². The van der Waals surface area contributed by atoms with E-state index in [9.17, 15) is 14.9 Å². The highest BCUT2D eigenvalue weighted by Crippen LogP contribution is 2.42. The first-order chi connectivity index (χ1) is 15.6. The molecule has 7 nitrogen and oxygen atoms in total. The van der Waals surface area contributed by atoms with Crippen LogP contribution >= 0.6 is 0 Å². The first kappa shape index (κ1) is 19.6. The number of ether oxygens (including phenoxy) is 2. The van der Waals surface area contributed by atoms with Crippen molar-refractivity contribution in [2.45, 2.75) is 13.0 Å². The first-order valence-corrected chi connectivity index (χ1v) is 10.1. The molecule has 2 aromatic heterocycles. The number of nitriles is 1. The molecule has 0 saturated carbocycles. The predicted molar refractivity (Wildman–Crippen MR) is 122 cm³/mol. The summed E-state index contributed by atoms with van der Waals surface area (Å²) in [5.41, 5.74) is 3.49. The Hall–Kier alpha value is -4.31. The van der Waals surface area contributed by atoms with Crippen molar-refractivity contribution in [1.82, 2.24) is 9.55 Å². The number of para-hydroxylation sites is 2. The number of methoxy groups -OCH3 is 2. The standard InChI is InChI=1S/C25H19N3O4/c1-31-24(29)20-18-14-8-3-5-10-16(14)27-22(18)23-19(21(20)25(30)32-2)15-9-4-6-11-17(15)28(23)13-7-12-26/h3-6,8-11,27H,7,13H2,1-2H3. The lowest BCUT2D eigenvalue weighted by atomic mass is 9.95. The summed E-state index contributed by atoms with van der Waals surface area (Å²) in [4.78, 5) is 29.6. The molecule has 0 atom stereocenters. The Balaban J connectivity index is 2.16. The summed E-state index contributed by atoms with van der Waals surface area (Å²) in [6.45, 7) is 0.434. The van der Waals surface area contributed by atoms with Crippen LogP contribution in [0.25, 0.3) is 43.6 Å². The van der Waals surface area contributed by atoms with Crippen molar-refractivity contribution in [2.75, 3.05) is 14.2 Å². The molecule has 0 saturated heterocycles. The van der Waals surface area contributed by atoms with Crippen molar-refractivity contribution in [3.05, 3.63) is 59.7 Å². The van der Waals surface area contributed by atoms with Gasteiger partial charge in [-0.2, -0.15) is 5.26 Å². The van der Waals surface area contributed by atoms with Crippen LogP contribution in [0.2, 0.25) is 0 Å². The minimum Gasteiger partial charge on any atom is -0.465 e. The van der Waals surface area contributed by atoms with E-state index in [1.165, 1.54) is 14.2 Å².